The summed E-state index contributed by atoms with van der Waals surface area (Å²) in [5.41, 5.74) is 3.19. The van der Waals surface area contributed by atoms with Crippen molar-refractivity contribution in [1.82, 2.24) is 14.3 Å². The zero-order valence-corrected chi connectivity index (χ0v) is 15.6. The molecule has 0 saturated carbocycles. The average molecular weight is 353 g/mol. The molecule has 134 valence electrons. The first kappa shape index (κ1) is 17.6. The van der Waals surface area contributed by atoms with Crippen LogP contribution in [0.2, 0.25) is 0 Å². The molecule has 0 spiro atoms. The maximum absolute atomic E-state index is 12.5. The van der Waals surface area contributed by atoms with Crippen LogP contribution in [-0.2, 0) is 22.9 Å². The topological polar surface area (TPSA) is 66.4 Å². The Hall–Kier alpha value is -1.21. The van der Waals surface area contributed by atoms with Crippen LogP contribution in [0.25, 0.3) is 0 Å². The Balaban J connectivity index is 1.79. The standard InChI is InChI=1S/C17H28N4O2S/c1-3-4-13-24(22,23)21-11-7-15-14(2)18-17(19-16(15)8-12-21)20-9-5-6-10-20/h3-13H2,1-2H3. The number of hydrogen-bond acceptors (Lipinski definition) is 5. The van der Waals surface area contributed by atoms with Crippen molar-refractivity contribution < 1.29 is 8.42 Å². The molecular formula is C17H28N4O2S. The number of rotatable bonds is 5. The van der Waals surface area contributed by atoms with Crippen molar-refractivity contribution in [3.63, 3.8) is 0 Å². The Morgan fingerprint density at radius 1 is 1.04 bits per heavy atom. The van der Waals surface area contributed by atoms with Crippen LogP contribution < -0.4 is 4.90 Å². The van der Waals surface area contributed by atoms with E-state index in [9.17, 15) is 8.42 Å². The third kappa shape index (κ3) is 3.72. The summed E-state index contributed by atoms with van der Waals surface area (Å²) < 4.78 is 26.6. The van der Waals surface area contributed by atoms with Gasteiger partial charge in [-0.05, 0) is 38.2 Å². The largest absolute Gasteiger partial charge is 0.341 e. The fourth-order valence-electron chi connectivity index (χ4n) is 3.54. The first-order chi connectivity index (χ1) is 11.5. The van der Waals surface area contributed by atoms with Crippen LogP contribution in [0.1, 0.15) is 49.6 Å². The molecule has 0 unspecified atom stereocenters. The van der Waals surface area contributed by atoms with Gasteiger partial charge in [0.15, 0.2) is 0 Å². The molecule has 3 rings (SSSR count). The minimum absolute atomic E-state index is 0.254. The highest BCUT2D eigenvalue weighted by atomic mass is 32.2. The van der Waals surface area contributed by atoms with Gasteiger partial charge in [0.25, 0.3) is 0 Å². The Morgan fingerprint density at radius 2 is 1.75 bits per heavy atom. The van der Waals surface area contributed by atoms with Crippen molar-refractivity contribution in [2.24, 2.45) is 0 Å². The third-order valence-electron chi connectivity index (χ3n) is 5.04. The zero-order chi connectivity index (χ0) is 17.2. The summed E-state index contributed by atoms with van der Waals surface area (Å²) in [6.45, 7) is 7.18. The van der Waals surface area contributed by atoms with Crippen LogP contribution in [0.5, 0.6) is 0 Å². The lowest BCUT2D eigenvalue weighted by molar-refractivity contribution is 0.425. The second kappa shape index (κ2) is 7.35. The number of fused-ring (bicyclic) bond motifs is 1. The van der Waals surface area contributed by atoms with E-state index in [0.717, 1.165) is 48.8 Å². The zero-order valence-electron chi connectivity index (χ0n) is 14.8. The molecule has 2 aliphatic rings. The van der Waals surface area contributed by atoms with E-state index < -0.39 is 10.0 Å². The van der Waals surface area contributed by atoms with Crippen LogP contribution >= 0.6 is 0 Å². The lowest BCUT2D eigenvalue weighted by Crippen LogP contribution is -2.35. The summed E-state index contributed by atoms with van der Waals surface area (Å²) in [5.74, 6) is 1.08. The van der Waals surface area contributed by atoms with Gasteiger partial charge in [-0.15, -0.1) is 0 Å². The number of aryl methyl sites for hydroxylation is 1. The normalized spacial score (nSPS) is 19.3. The van der Waals surface area contributed by atoms with Crippen LogP contribution in [-0.4, -0.2) is 54.6 Å². The molecule has 1 fully saturated rings. The molecule has 2 aliphatic heterocycles. The summed E-state index contributed by atoms with van der Waals surface area (Å²) in [6, 6.07) is 0. The van der Waals surface area contributed by atoms with Gasteiger partial charge in [-0.3, -0.25) is 0 Å². The van der Waals surface area contributed by atoms with Crippen molar-refractivity contribution in [2.45, 2.75) is 52.4 Å². The first-order valence-electron chi connectivity index (χ1n) is 9.10. The first-order valence-corrected chi connectivity index (χ1v) is 10.7. The van der Waals surface area contributed by atoms with E-state index in [-0.39, 0.29) is 5.75 Å². The Labute approximate surface area is 145 Å². The number of sulfonamides is 1. The van der Waals surface area contributed by atoms with Crippen LogP contribution in [0.3, 0.4) is 0 Å². The van der Waals surface area contributed by atoms with Gasteiger partial charge in [-0.1, -0.05) is 13.3 Å². The fraction of sp³-hybridized carbons (Fsp3) is 0.765. The highest BCUT2D eigenvalue weighted by Gasteiger charge is 2.27. The lowest BCUT2D eigenvalue weighted by atomic mass is 10.1. The van der Waals surface area contributed by atoms with Gasteiger partial charge < -0.3 is 4.90 Å². The molecule has 6 nitrogen and oxygen atoms in total. The fourth-order valence-corrected chi connectivity index (χ4v) is 5.19. The van der Waals surface area contributed by atoms with Gasteiger partial charge in [-0.2, -0.15) is 0 Å². The SMILES string of the molecule is CCCCS(=O)(=O)N1CCc2nc(N3CCCC3)nc(C)c2CC1. The summed E-state index contributed by atoms with van der Waals surface area (Å²) >= 11 is 0. The van der Waals surface area contributed by atoms with Gasteiger partial charge in [0.05, 0.1) is 11.4 Å². The van der Waals surface area contributed by atoms with Gasteiger partial charge in [0, 0.05) is 38.3 Å². The summed E-state index contributed by atoms with van der Waals surface area (Å²) in [5, 5.41) is 0. The monoisotopic (exact) mass is 352 g/mol. The molecule has 1 aromatic rings. The number of hydrogen-bond donors (Lipinski definition) is 0. The summed E-state index contributed by atoms with van der Waals surface area (Å²) in [6.07, 6.45) is 5.42. The van der Waals surface area contributed by atoms with Crippen molar-refractivity contribution in [1.29, 1.82) is 0 Å². The second-order valence-electron chi connectivity index (χ2n) is 6.80. The molecule has 0 N–H and O–H groups in total. The van der Waals surface area contributed by atoms with Crippen LogP contribution in [0, 0.1) is 6.92 Å². The Bertz CT molecular complexity index is 684. The molecule has 24 heavy (non-hydrogen) atoms. The van der Waals surface area contributed by atoms with Crippen LogP contribution in [0.4, 0.5) is 5.95 Å². The number of nitrogens with zero attached hydrogens (tertiary/aromatic N) is 4. The van der Waals surface area contributed by atoms with E-state index >= 15 is 0 Å². The second-order valence-corrected chi connectivity index (χ2v) is 8.89. The molecule has 0 amide bonds. The third-order valence-corrected chi connectivity index (χ3v) is 6.99. The smallest absolute Gasteiger partial charge is 0.225 e. The molecule has 0 radical (unpaired) electrons. The van der Waals surface area contributed by atoms with E-state index in [4.69, 9.17) is 9.97 Å². The minimum Gasteiger partial charge on any atom is -0.341 e. The van der Waals surface area contributed by atoms with Gasteiger partial charge in [0.2, 0.25) is 16.0 Å². The minimum atomic E-state index is -3.15. The maximum Gasteiger partial charge on any atom is 0.225 e. The summed E-state index contributed by atoms with van der Waals surface area (Å²) in [4.78, 5) is 11.7. The molecule has 0 atom stereocenters. The molecule has 7 heteroatoms. The summed E-state index contributed by atoms with van der Waals surface area (Å²) in [7, 11) is -3.15. The molecule has 3 heterocycles. The quantitative estimate of drug-likeness (QED) is 0.810. The van der Waals surface area contributed by atoms with Crippen LogP contribution in [0.15, 0.2) is 0 Å². The maximum atomic E-state index is 12.5. The van der Waals surface area contributed by atoms with Crippen molar-refractivity contribution in [3.05, 3.63) is 17.0 Å². The van der Waals surface area contributed by atoms with E-state index in [2.05, 4.69) is 4.90 Å². The van der Waals surface area contributed by atoms with E-state index in [1.807, 2.05) is 13.8 Å². The highest BCUT2D eigenvalue weighted by Crippen LogP contribution is 2.23. The van der Waals surface area contributed by atoms with E-state index in [1.54, 1.807) is 4.31 Å². The lowest BCUT2D eigenvalue weighted by Gasteiger charge is -2.19. The number of unbranched alkanes of at least 4 members (excludes halogenated alkanes) is 1. The Kier molecular flexibility index (Phi) is 5.39. The predicted octanol–water partition coefficient (Wildman–Crippen LogP) is 1.92. The molecule has 0 aliphatic carbocycles. The molecular weight excluding hydrogens is 324 g/mol. The van der Waals surface area contributed by atoms with Crippen molar-refractivity contribution in [3.8, 4) is 0 Å². The van der Waals surface area contributed by atoms with E-state index in [0.29, 0.717) is 25.9 Å². The van der Waals surface area contributed by atoms with Crippen molar-refractivity contribution in [2.75, 3.05) is 36.8 Å². The van der Waals surface area contributed by atoms with E-state index in [1.165, 1.54) is 12.8 Å². The van der Waals surface area contributed by atoms with Gasteiger partial charge in [-0.25, -0.2) is 22.7 Å². The molecule has 0 bridgehead atoms. The number of anilines is 1. The average Bonchev–Trinajstić information content (AvgIpc) is 2.99. The Morgan fingerprint density at radius 3 is 2.46 bits per heavy atom. The number of aromatic nitrogens is 2. The molecule has 0 aromatic carbocycles. The highest BCUT2D eigenvalue weighted by molar-refractivity contribution is 7.89. The van der Waals surface area contributed by atoms with Gasteiger partial charge >= 0.3 is 0 Å². The molecule has 1 aromatic heterocycles. The molecule has 1 saturated heterocycles. The van der Waals surface area contributed by atoms with Crippen molar-refractivity contribution >= 4 is 16.0 Å². The van der Waals surface area contributed by atoms with Gasteiger partial charge in [0.1, 0.15) is 0 Å². The predicted molar refractivity (Wildman–Crippen MR) is 95.9 cm³/mol.